The molecule has 3 N–H and O–H groups in total. The number of rotatable bonds is 11. The van der Waals surface area contributed by atoms with Crippen LogP contribution < -0.4 is 10.6 Å². The summed E-state index contributed by atoms with van der Waals surface area (Å²) in [5, 5.41) is 14.9. The highest BCUT2D eigenvalue weighted by atomic mass is 16.5. The molecule has 8 nitrogen and oxygen atoms in total. The molecule has 0 spiro atoms. The topological polar surface area (TPSA) is 114 Å². The Labute approximate surface area is 228 Å². The zero-order valence-corrected chi connectivity index (χ0v) is 22.3. The third kappa shape index (κ3) is 7.03. The van der Waals surface area contributed by atoms with Crippen molar-refractivity contribution in [3.63, 3.8) is 0 Å². The summed E-state index contributed by atoms with van der Waals surface area (Å²) in [6, 6.07) is 24.2. The fraction of sp³-hybridized carbons (Fsp3) is 0.323. The predicted octanol–water partition coefficient (Wildman–Crippen LogP) is 4.87. The molecule has 1 aliphatic rings. The molecule has 0 bridgehead atoms. The zero-order chi connectivity index (χ0) is 28.0. The molecule has 0 saturated heterocycles. The van der Waals surface area contributed by atoms with E-state index in [0.29, 0.717) is 0 Å². The maximum absolute atomic E-state index is 12.8. The number of nitrogens with one attached hydrogen (secondary N) is 2. The number of ether oxygens (including phenoxy) is 2. The third-order valence-electron chi connectivity index (χ3n) is 6.79. The van der Waals surface area contributed by atoms with Gasteiger partial charge in [0.05, 0.1) is 12.7 Å². The van der Waals surface area contributed by atoms with E-state index >= 15 is 0 Å². The SMILES string of the molecule is C[C@H](OCc1ccccc1)[C@@H](NC(=O)CC(C)(C)NC(=O)OCC1c2ccccc2-c2ccccc21)C(=O)O. The normalized spacial score (nSPS) is 14.0. The van der Waals surface area contributed by atoms with Crippen LogP contribution in [0.25, 0.3) is 11.1 Å². The van der Waals surface area contributed by atoms with Crippen LogP contribution in [0.4, 0.5) is 4.79 Å². The van der Waals surface area contributed by atoms with Gasteiger partial charge in [0.15, 0.2) is 6.04 Å². The van der Waals surface area contributed by atoms with E-state index in [2.05, 4.69) is 22.8 Å². The predicted molar refractivity (Wildman–Crippen MR) is 147 cm³/mol. The Morgan fingerprint density at radius 3 is 2.05 bits per heavy atom. The number of carboxylic acid groups (broad SMARTS) is 1. The Bertz CT molecular complexity index is 1280. The zero-order valence-electron chi connectivity index (χ0n) is 22.3. The number of amides is 2. The molecule has 0 unspecified atom stereocenters. The Kier molecular flexibility index (Phi) is 8.66. The van der Waals surface area contributed by atoms with E-state index in [1.165, 1.54) is 0 Å². The molecule has 0 aromatic heterocycles. The average molecular weight is 531 g/mol. The molecule has 3 aromatic carbocycles. The molecule has 0 radical (unpaired) electrons. The number of carboxylic acids is 1. The molecule has 0 aliphatic heterocycles. The van der Waals surface area contributed by atoms with Crippen molar-refractivity contribution < 1.29 is 29.0 Å². The molecule has 0 saturated carbocycles. The van der Waals surface area contributed by atoms with Crippen molar-refractivity contribution in [1.29, 1.82) is 0 Å². The average Bonchev–Trinajstić information content (AvgIpc) is 3.22. The van der Waals surface area contributed by atoms with Crippen molar-refractivity contribution in [3.8, 4) is 11.1 Å². The van der Waals surface area contributed by atoms with Crippen molar-refractivity contribution in [3.05, 3.63) is 95.6 Å². The highest BCUT2D eigenvalue weighted by Crippen LogP contribution is 2.44. The van der Waals surface area contributed by atoms with Crippen LogP contribution in [-0.2, 0) is 25.7 Å². The second kappa shape index (κ2) is 12.1. The second-order valence-corrected chi connectivity index (χ2v) is 10.4. The molecule has 0 fully saturated rings. The van der Waals surface area contributed by atoms with Crippen molar-refractivity contribution in [1.82, 2.24) is 10.6 Å². The Balaban J connectivity index is 1.29. The highest BCUT2D eigenvalue weighted by Gasteiger charge is 2.32. The number of alkyl carbamates (subject to hydrolysis) is 1. The van der Waals surface area contributed by atoms with Gasteiger partial charge in [-0.2, -0.15) is 0 Å². The summed E-state index contributed by atoms with van der Waals surface area (Å²) in [5.41, 5.74) is 4.39. The van der Waals surface area contributed by atoms with Crippen LogP contribution in [-0.4, -0.2) is 47.4 Å². The molecule has 8 heteroatoms. The first-order chi connectivity index (χ1) is 18.6. The van der Waals surface area contributed by atoms with Gasteiger partial charge in [-0.1, -0.05) is 78.9 Å². The van der Waals surface area contributed by atoms with Crippen LogP contribution in [0.1, 0.15) is 49.8 Å². The van der Waals surface area contributed by atoms with Gasteiger partial charge in [-0.3, -0.25) is 4.79 Å². The molecular weight excluding hydrogens is 496 g/mol. The summed E-state index contributed by atoms with van der Waals surface area (Å²) < 4.78 is 11.3. The summed E-state index contributed by atoms with van der Waals surface area (Å²) in [5.74, 6) is -1.81. The van der Waals surface area contributed by atoms with Gasteiger partial charge in [-0.15, -0.1) is 0 Å². The van der Waals surface area contributed by atoms with Gasteiger partial charge in [0.2, 0.25) is 5.91 Å². The lowest BCUT2D eigenvalue weighted by Crippen LogP contribution is -2.52. The first-order valence-electron chi connectivity index (χ1n) is 13.0. The van der Waals surface area contributed by atoms with Gasteiger partial charge < -0.3 is 25.2 Å². The fourth-order valence-corrected chi connectivity index (χ4v) is 4.86. The van der Waals surface area contributed by atoms with Crippen LogP contribution in [0.15, 0.2) is 78.9 Å². The van der Waals surface area contributed by atoms with E-state index in [1.54, 1.807) is 20.8 Å². The molecular formula is C31H34N2O6. The van der Waals surface area contributed by atoms with Gasteiger partial charge in [0, 0.05) is 17.9 Å². The smallest absolute Gasteiger partial charge is 0.407 e. The molecule has 0 heterocycles. The number of hydrogen-bond acceptors (Lipinski definition) is 5. The lowest BCUT2D eigenvalue weighted by atomic mass is 9.98. The van der Waals surface area contributed by atoms with E-state index in [4.69, 9.17) is 9.47 Å². The van der Waals surface area contributed by atoms with Crippen LogP contribution in [0.2, 0.25) is 0 Å². The number of fused-ring (bicyclic) bond motifs is 3. The van der Waals surface area contributed by atoms with Crippen molar-refractivity contribution in [2.75, 3.05) is 6.61 Å². The van der Waals surface area contributed by atoms with E-state index in [9.17, 15) is 19.5 Å². The third-order valence-corrected chi connectivity index (χ3v) is 6.79. The lowest BCUT2D eigenvalue weighted by molar-refractivity contribution is -0.146. The minimum atomic E-state index is -1.24. The maximum atomic E-state index is 12.8. The van der Waals surface area contributed by atoms with Crippen LogP contribution in [0.5, 0.6) is 0 Å². The Morgan fingerprint density at radius 1 is 0.897 bits per heavy atom. The highest BCUT2D eigenvalue weighted by molar-refractivity contribution is 5.85. The van der Waals surface area contributed by atoms with Gasteiger partial charge in [-0.25, -0.2) is 9.59 Å². The van der Waals surface area contributed by atoms with Crippen molar-refractivity contribution in [2.24, 2.45) is 0 Å². The van der Waals surface area contributed by atoms with Crippen molar-refractivity contribution in [2.45, 2.75) is 57.4 Å². The number of benzene rings is 3. The molecule has 1 aliphatic carbocycles. The number of hydrogen-bond donors (Lipinski definition) is 3. The molecule has 204 valence electrons. The van der Waals surface area contributed by atoms with Crippen LogP contribution >= 0.6 is 0 Å². The van der Waals surface area contributed by atoms with Gasteiger partial charge >= 0.3 is 12.1 Å². The van der Waals surface area contributed by atoms with Gasteiger partial charge in [0.1, 0.15) is 6.61 Å². The quantitative estimate of drug-likeness (QED) is 0.326. The van der Waals surface area contributed by atoms with Gasteiger partial charge in [0.25, 0.3) is 0 Å². The number of aliphatic carboxylic acids is 1. The number of carbonyl (C=O) groups is 3. The molecule has 2 amide bonds. The molecule has 39 heavy (non-hydrogen) atoms. The van der Waals surface area contributed by atoms with E-state index < -0.39 is 35.7 Å². The minimum Gasteiger partial charge on any atom is -0.480 e. The first kappa shape index (κ1) is 27.9. The second-order valence-electron chi connectivity index (χ2n) is 10.4. The molecule has 3 aromatic rings. The monoisotopic (exact) mass is 530 g/mol. The summed E-state index contributed by atoms with van der Waals surface area (Å²) in [6.07, 6.45) is -1.57. The molecule has 2 atom stereocenters. The van der Waals surface area contributed by atoms with Crippen LogP contribution in [0.3, 0.4) is 0 Å². The Morgan fingerprint density at radius 2 is 1.46 bits per heavy atom. The van der Waals surface area contributed by atoms with E-state index in [1.807, 2.05) is 66.7 Å². The fourth-order valence-electron chi connectivity index (χ4n) is 4.86. The summed E-state index contributed by atoms with van der Waals surface area (Å²) >= 11 is 0. The largest absolute Gasteiger partial charge is 0.480 e. The van der Waals surface area contributed by atoms with E-state index in [0.717, 1.165) is 27.8 Å². The first-order valence-corrected chi connectivity index (χ1v) is 13.0. The molecule has 4 rings (SSSR count). The lowest BCUT2D eigenvalue weighted by Gasteiger charge is -2.28. The summed E-state index contributed by atoms with van der Waals surface area (Å²) in [7, 11) is 0. The summed E-state index contributed by atoms with van der Waals surface area (Å²) in [6.45, 7) is 5.33. The number of carbonyl (C=O) groups excluding carboxylic acids is 2. The van der Waals surface area contributed by atoms with Gasteiger partial charge in [-0.05, 0) is 48.6 Å². The van der Waals surface area contributed by atoms with Crippen molar-refractivity contribution >= 4 is 18.0 Å². The minimum absolute atomic E-state index is 0.0803. The van der Waals surface area contributed by atoms with Crippen LogP contribution in [0, 0.1) is 0 Å². The standard InChI is InChI=1S/C31H34N2O6/c1-20(38-18-21-11-5-4-6-12-21)28(29(35)36)32-27(34)17-31(2,3)33-30(37)39-19-26-24-15-9-7-13-22(24)23-14-8-10-16-25(23)26/h4-16,20,26,28H,17-19H2,1-3H3,(H,32,34)(H,33,37)(H,35,36)/t20-,28+/m0/s1. The Hall–Kier alpha value is -4.17. The maximum Gasteiger partial charge on any atom is 0.407 e. The van der Waals surface area contributed by atoms with E-state index in [-0.39, 0.29) is 25.6 Å². The summed E-state index contributed by atoms with van der Waals surface area (Å²) in [4.78, 5) is 37.3.